The lowest BCUT2D eigenvalue weighted by Crippen LogP contribution is -2.25. The number of benzene rings is 1. The predicted octanol–water partition coefficient (Wildman–Crippen LogP) is 4.50. The van der Waals surface area contributed by atoms with Crippen molar-refractivity contribution in [3.05, 3.63) is 45.3 Å². The van der Waals surface area contributed by atoms with Gasteiger partial charge >= 0.3 is 0 Å². The first kappa shape index (κ1) is 17.7. The van der Waals surface area contributed by atoms with Gasteiger partial charge in [0.15, 0.2) is 11.0 Å². The van der Waals surface area contributed by atoms with Crippen molar-refractivity contribution in [2.75, 3.05) is 25.3 Å². The number of thiophene rings is 1. The summed E-state index contributed by atoms with van der Waals surface area (Å²) in [4.78, 5) is 14.1. The predicted molar refractivity (Wildman–Crippen MR) is 112 cm³/mol. The second-order valence-corrected chi connectivity index (χ2v) is 8.45. The highest BCUT2D eigenvalue weighted by molar-refractivity contribution is 7.98. The molecule has 134 valence electrons. The summed E-state index contributed by atoms with van der Waals surface area (Å²) in [6.45, 7) is 2.02. The van der Waals surface area contributed by atoms with Crippen LogP contribution in [0.1, 0.15) is 16.0 Å². The molecule has 1 aliphatic heterocycles. The van der Waals surface area contributed by atoms with Crippen LogP contribution in [0.2, 0.25) is 5.02 Å². The second-order valence-electron chi connectivity index (χ2n) is 6.15. The van der Waals surface area contributed by atoms with Gasteiger partial charge in [-0.05, 0) is 43.0 Å². The van der Waals surface area contributed by atoms with E-state index in [-0.39, 0.29) is 0 Å². The van der Waals surface area contributed by atoms with Gasteiger partial charge in [0.2, 0.25) is 0 Å². The Hall–Kier alpha value is -1.67. The molecule has 1 aromatic carbocycles. The average Bonchev–Trinajstić information content (AvgIpc) is 3.00. The van der Waals surface area contributed by atoms with Gasteiger partial charge in [0.05, 0.1) is 11.6 Å². The Morgan fingerprint density at radius 1 is 1.31 bits per heavy atom. The maximum atomic E-state index is 5.92. The number of halogens is 1. The summed E-state index contributed by atoms with van der Waals surface area (Å²) in [6.07, 6.45) is 4.78. The van der Waals surface area contributed by atoms with Crippen LogP contribution in [0, 0.1) is 0 Å². The van der Waals surface area contributed by atoms with Crippen LogP contribution in [-0.2, 0) is 13.0 Å². The lowest BCUT2D eigenvalue weighted by Gasteiger charge is -2.22. The molecule has 1 aliphatic rings. The maximum absolute atomic E-state index is 5.92. The molecule has 0 spiro atoms. The molecule has 0 aliphatic carbocycles. The van der Waals surface area contributed by atoms with E-state index in [2.05, 4.69) is 27.5 Å². The molecule has 0 unspecified atom stereocenters. The smallest absolute Gasteiger partial charge is 0.190 e. The fourth-order valence-corrected chi connectivity index (χ4v) is 4.84. The van der Waals surface area contributed by atoms with E-state index >= 15 is 0 Å². The normalized spacial score (nSPS) is 14.9. The van der Waals surface area contributed by atoms with Crippen molar-refractivity contribution in [2.45, 2.75) is 18.1 Å². The molecule has 2 aromatic heterocycles. The fourth-order valence-electron chi connectivity index (χ4n) is 2.99. The van der Waals surface area contributed by atoms with Crippen LogP contribution in [0.5, 0.6) is 0 Å². The molecule has 3 aromatic rings. The zero-order valence-electron chi connectivity index (χ0n) is 14.5. The van der Waals surface area contributed by atoms with Gasteiger partial charge in [0, 0.05) is 23.0 Å². The first-order valence-electron chi connectivity index (χ1n) is 8.23. The Morgan fingerprint density at radius 3 is 2.88 bits per heavy atom. The second kappa shape index (κ2) is 7.52. The molecule has 0 saturated carbocycles. The first-order chi connectivity index (χ1) is 12.6. The highest BCUT2D eigenvalue weighted by Gasteiger charge is 2.22. The zero-order valence-corrected chi connectivity index (χ0v) is 16.9. The van der Waals surface area contributed by atoms with Crippen molar-refractivity contribution in [1.29, 1.82) is 0 Å². The van der Waals surface area contributed by atoms with Gasteiger partial charge in [-0.1, -0.05) is 35.5 Å². The molecule has 0 fully saturated rings. The van der Waals surface area contributed by atoms with Gasteiger partial charge in [-0.15, -0.1) is 11.3 Å². The monoisotopic (exact) mass is 403 g/mol. The van der Waals surface area contributed by atoms with Crippen LogP contribution < -0.4 is 5.43 Å². The van der Waals surface area contributed by atoms with Crippen molar-refractivity contribution < 1.29 is 0 Å². The molecule has 1 N–H and O–H groups in total. The lowest BCUT2D eigenvalue weighted by molar-refractivity contribution is 0.318. The molecule has 0 bridgehead atoms. The van der Waals surface area contributed by atoms with E-state index in [0.29, 0.717) is 5.02 Å². The number of nitrogens with one attached hydrogen (secondary N) is 1. The van der Waals surface area contributed by atoms with Crippen LogP contribution >= 0.6 is 34.7 Å². The Balaban J connectivity index is 1.69. The minimum Gasteiger partial charge on any atom is -0.301 e. The zero-order chi connectivity index (χ0) is 18.1. The molecule has 3 heterocycles. The van der Waals surface area contributed by atoms with E-state index in [1.54, 1.807) is 29.3 Å². The van der Waals surface area contributed by atoms with Crippen LogP contribution in [0.25, 0.3) is 10.2 Å². The van der Waals surface area contributed by atoms with E-state index in [0.717, 1.165) is 46.3 Å². The summed E-state index contributed by atoms with van der Waals surface area (Å²) in [7, 11) is 2.15. The van der Waals surface area contributed by atoms with Crippen molar-refractivity contribution in [3.8, 4) is 0 Å². The van der Waals surface area contributed by atoms with Crippen LogP contribution in [0.3, 0.4) is 0 Å². The van der Waals surface area contributed by atoms with Crippen LogP contribution in [-0.4, -0.2) is 40.9 Å². The summed E-state index contributed by atoms with van der Waals surface area (Å²) >= 11 is 9.23. The molecular weight excluding hydrogens is 386 g/mol. The molecule has 0 radical (unpaired) electrons. The third-order valence-electron chi connectivity index (χ3n) is 4.31. The molecule has 8 heteroatoms. The van der Waals surface area contributed by atoms with E-state index in [9.17, 15) is 0 Å². The summed E-state index contributed by atoms with van der Waals surface area (Å²) in [5, 5.41) is 6.97. The van der Waals surface area contributed by atoms with E-state index in [1.165, 1.54) is 10.4 Å². The number of likely N-dealkylation sites (N-methyl/N-ethyl adjacent to an activating group) is 1. The number of rotatable bonds is 4. The van der Waals surface area contributed by atoms with Gasteiger partial charge in [0.1, 0.15) is 4.83 Å². The van der Waals surface area contributed by atoms with Crippen molar-refractivity contribution in [2.24, 2.45) is 5.10 Å². The number of anilines is 1. The van der Waals surface area contributed by atoms with E-state index in [1.807, 2.05) is 30.5 Å². The number of fused-ring (bicyclic) bond motifs is 3. The molecule has 0 saturated heterocycles. The van der Waals surface area contributed by atoms with E-state index < -0.39 is 0 Å². The highest BCUT2D eigenvalue weighted by atomic mass is 35.5. The van der Waals surface area contributed by atoms with Gasteiger partial charge in [0.25, 0.3) is 0 Å². The summed E-state index contributed by atoms with van der Waals surface area (Å²) in [5.41, 5.74) is 5.48. The first-order valence-corrected chi connectivity index (χ1v) is 10.7. The Labute approximate surface area is 165 Å². The molecule has 0 atom stereocenters. The molecule has 5 nitrogen and oxygen atoms in total. The minimum atomic E-state index is 0.715. The number of nitrogens with zero attached hydrogens (tertiary/aromatic N) is 4. The summed E-state index contributed by atoms with van der Waals surface area (Å²) in [5.74, 6) is 0.784. The molecule has 26 heavy (non-hydrogen) atoms. The summed E-state index contributed by atoms with van der Waals surface area (Å²) in [6, 6.07) is 7.56. The minimum absolute atomic E-state index is 0.715. The third-order valence-corrected chi connectivity index (χ3v) is 6.22. The Kier molecular flexibility index (Phi) is 5.13. The number of aromatic nitrogens is 2. The van der Waals surface area contributed by atoms with Gasteiger partial charge in [-0.25, -0.2) is 9.97 Å². The average molecular weight is 404 g/mol. The lowest BCUT2D eigenvalue weighted by atomic mass is 10.1. The number of hydrazone groups is 1. The SMILES string of the molecule is CSc1nc(NN=Cc2ccc(Cl)cc2)c2c3c(sc2n1)CN(C)CC3. The van der Waals surface area contributed by atoms with Gasteiger partial charge in [-0.2, -0.15) is 5.10 Å². The third kappa shape index (κ3) is 3.57. The fraction of sp³-hybridized carbons (Fsp3) is 0.278. The van der Waals surface area contributed by atoms with E-state index in [4.69, 9.17) is 16.6 Å². The number of hydrogen-bond donors (Lipinski definition) is 1. The van der Waals surface area contributed by atoms with Crippen LogP contribution in [0.4, 0.5) is 5.82 Å². The maximum Gasteiger partial charge on any atom is 0.190 e. The number of thioether (sulfide) groups is 1. The summed E-state index contributed by atoms with van der Waals surface area (Å²) < 4.78 is 0. The van der Waals surface area contributed by atoms with Gasteiger partial charge in [-0.3, -0.25) is 5.43 Å². The molecular formula is C18H18ClN5S2. The Morgan fingerprint density at radius 2 is 2.12 bits per heavy atom. The standard InChI is InChI=1S/C18H18ClN5S2/c1-24-8-7-13-14(10-24)26-17-15(13)16(21-18(22-17)25-2)23-20-9-11-3-5-12(19)6-4-11/h3-6,9H,7-8,10H2,1-2H3,(H,21,22,23). The highest BCUT2D eigenvalue weighted by Crippen LogP contribution is 2.38. The quantitative estimate of drug-likeness (QED) is 0.301. The Bertz CT molecular complexity index is 968. The van der Waals surface area contributed by atoms with Gasteiger partial charge < -0.3 is 4.90 Å². The largest absolute Gasteiger partial charge is 0.301 e. The van der Waals surface area contributed by atoms with Crippen LogP contribution in [0.15, 0.2) is 34.5 Å². The van der Waals surface area contributed by atoms with Crippen molar-refractivity contribution in [3.63, 3.8) is 0 Å². The number of hydrogen-bond acceptors (Lipinski definition) is 7. The topological polar surface area (TPSA) is 53.4 Å². The molecule has 0 amide bonds. The molecule has 4 rings (SSSR count). The van der Waals surface area contributed by atoms with Crippen molar-refractivity contribution >= 4 is 56.9 Å². The van der Waals surface area contributed by atoms with Crippen molar-refractivity contribution in [1.82, 2.24) is 14.9 Å².